The quantitative estimate of drug-likeness (QED) is 0.374. The lowest BCUT2D eigenvalue weighted by molar-refractivity contribution is 1.07. The van der Waals surface area contributed by atoms with Crippen LogP contribution in [-0.2, 0) is 6.54 Å². The molecule has 2 aromatic carbocycles. The minimum atomic E-state index is 0.504. The van der Waals surface area contributed by atoms with Crippen LogP contribution in [0.5, 0.6) is 0 Å². The molecule has 5 aromatic rings. The summed E-state index contributed by atoms with van der Waals surface area (Å²) in [7, 11) is 0. The van der Waals surface area contributed by atoms with E-state index in [4.69, 9.17) is 5.73 Å². The third kappa shape index (κ3) is 3.13. The van der Waals surface area contributed by atoms with Crippen molar-refractivity contribution < 1.29 is 0 Å². The second kappa shape index (κ2) is 7.06. The summed E-state index contributed by atoms with van der Waals surface area (Å²) in [5.74, 6) is 0. The fourth-order valence-corrected chi connectivity index (χ4v) is 4.48. The Hall–Kier alpha value is -3.66. The summed E-state index contributed by atoms with van der Waals surface area (Å²) in [5, 5.41) is 15.1. The van der Waals surface area contributed by atoms with Gasteiger partial charge in [-0.1, -0.05) is 18.2 Å². The van der Waals surface area contributed by atoms with Gasteiger partial charge in [0.2, 0.25) is 0 Å². The highest BCUT2D eigenvalue weighted by molar-refractivity contribution is 7.21. The lowest BCUT2D eigenvalue weighted by Gasteiger charge is -2.09. The standard InChI is InChI=1S/C23H17N5S/c24-11-14-2-1-3-16(8-14)21-10-19-22(17(12-25)13-27-23(19)29-21)28-18-4-5-20-15(9-18)6-7-26-20/h1-10,13,26H,11,24H2,(H,27,28). The van der Waals surface area contributed by atoms with Crippen LogP contribution in [0.1, 0.15) is 11.1 Å². The molecule has 5 nitrogen and oxygen atoms in total. The average Bonchev–Trinajstić information content (AvgIpc) is 3.40. The molecule has 5 rings (SSSR count). The van der Waals surface area contributed by atoms with Crippen molar-refractivity contribution in [3.05, 3.63) is 78.1 Å². The van der Waals surface area contributed by atoms with Crippen molar-refractivity contribution in [3.8, 4) is 16.5 Å². The molecule has 140 valence electrons. The maximum absolute atomic E-state index is 9.64. The topological polar surface area (TPSA) is 90.5 Å². The highest BCUT2D eigenvalue weighted by Gasteiger charge is 2.14. The SMILES string of the molecule is N#Cc1cnc2sc(-c3cccc(CN)c3)cc2c1Nc1ccc2[nH]ccc2c1. The van der Waals surface area contributed by atoms with Gasteiger partial charge in [-0.3, -0.25) is 0 Å². The van der Waals surface area contributed by atoms with E-state index in [1.165, 1.54) is 0 Å². The minimum Gasteiger partial charge on any atom is -0.361 e. The number of rotatable bonds is 4. The molecule has 0 aliphatic carbocycles. The van der Waals surface area contributed by atoms with Gasteiger partial charge in [-0.15, -0.1) is 11.3 Å². The fourth-order valence-electron chi connectivity index (χ4n) is 3.48. The molecule has 0 atom stereocenters. The Bertz CT molecular complexity index is 1390. The largest absolute Gasteiger partial charge is 0.361 e. The highest BCUT2D eigenvalue weighted by atomic mass is 32.1. The number of pyridine rings is 1. The lowest BCUT2D eigenvalue weighted by atomic mass is 10.1. The van der Waals surface area contributed by atoms with Crippen LogP contribution in [0, 0.1) is 11.3 Å². The van der Waals surface area contributed by atoms with Crippen LogP contribution < -0.4 is 11.1 Å². The normalized spacial score (nSPS) is 11.0. The van der Waals surface area contributed by atoms with Crippen LogP contribution in [0.4, 0.5) is 11.4 Å². The molecule has 4 N–H and O–H groups in total. The maximum atomic E-state index is 9.64. The number of aromatic amines is 1. The molecule has 0 fully saturated rings. The zero-order valence-corrected chi connectivity index (χ0v) is 16.3. The van der Waals surface area contributed by atoms with Crippen molar-refractivity contribution in [3.63, 3.8) is 0 Å². The third-order valence-electron chi connectivity index (χ3n) is 4.95. The van der Waals surface area contributed by atoms with Crippen LogP contribution in [0.3, 0.4) is 0 Å². The Balaban J connectivity index is 1.63. The molecule has 0 bridgehead atoms. The molecule has 0 spiro atoms. The summed E-state index contributed by atoms with van der Waals surface area (Å²) in [6.07, 6.45) is 3.55. The van der Waals surface area contributed by atoms with Crippen molar-refractivity contribution in [1.29, 1.82) is 5.26 Å². The van der Waals surface area contributed by atoms with E-state index in [0.717, 1.165) is 48.5 Å². The van der Waals surface area contributed by atoms with Crippen molar-refractivity contribution >= 4 is 43.8 Å². The Morgan fingerprint density at radius 3 is 2.93 bits per heavy atom. The van der Waals surface area contributed by atoms with Gasteiger partial charge >= 0.3 is 0 Å². The number of nitrogens with two attached hydrogens (primary N) is 1. The number of anilines is 2. The molecule has 0 saturated heterocycles. The molecule has 3 aromatic heterocycles. The maximum Gasteiger partial charge on any atom is 0.126 e. The zero-order valence-electron chi connectivity index (χ0n) is 15.4. The number of hydrogen-bond donors (Lipinski definition) is 3. The number of thiophene rings is 1. The number of aromatic nitrogens is 2. The number of benzene rings is 2. The van der Waals surface area contributed by atoms with Gasteiger partial charge in [0.1, 0.15) is 10.9 Å². The number of fused-ring (bicyclic) bond motifs is 2. The van der Waals surface area contributed by atoms with Gasteiger partial charge in [0, 0.05) is 45.8 Å². The monoisotopic (exact) mass is 395 g/mol. The molecule has 29 heavy (non-hydrogen) atoms. The van der Waals surface area contributed by atoms with Gasteiger partial charge < -0.3 is 16.0 Å². The van der Waals surface area contributed by atoms with E-state index >= 15 is 0 Å². The summed E-state index contributed by atoms with van der Waals surface area (Å²) < 4.78 is 0. The molecule has 0 saturated carbocycles. The van der Waals surface area contributed by atoms with Gasteiger partial charge in [-0.05, 0) is 47.5 Å². The Morgan fingerprint density at radius 2 is 2.07 bits per heavy atom. The lowest BCUT2D eigenvalue weighted by Crippen LogP contribution is -1.95. The Kier molecular flexibility index (Phi) is 4.24. The van der Waals surface area contributed by atoms with Crippen LogP contribution in [-0.4, -0.2) is 9.97 Å². The minimum absolute atomic E-state index is 0.504. The Labute approximate surface area is 171 Å². The number of nitriles is 1. The molecule has 6 heteroatoms. The van der Waals surface area contributed by atoms with E-state index in [1.54, 1.807) is 17.5 Å². The fraction of sp³-hybridized carbons (Fsp3) is 0.0435. The van der Waals surface area contributed by atoms with Crippen LogP contribution in [0.15, 0.2) is 67.0 Å². The highest BCUT2D eigenvalue weighted by Crippen LogP contribution is 2.38. The molecule has 3 heterocycles. The molecule has 0 aliphatic rings. The van der Waals surface area contributed by atoms with E-state index in [0.29, 0.717) is 12.1 Å². The smallest absolute Gasteiger partial charge is 0.126 e. The van der Waals surface area contributed by atoms with Crippen LogP contribution in [0.25, 0.3) is 31.6 Å². The van der Waals surface area contributed by atoms with Crippen molar-refractivity contribution in [1.82, 2.24) is 9.97 Å². The van der Waals surface area contributed by atoms with Gasteiger partial charge in [-0.2, -0.15) is 5.26 Å². The molecule has 0 aliphatic heterocycles. The van der Waals surface area contributed by atoms with Crippen LogP contribution in [0.2, 0.25) is 0 Å². The second-order valence-electron chi connectivity index (χ2n) is 6.80. The van der Waals surface area contributed by atoms with E-state index in [2.05, 4.69) is 45.6 Å². The van der Waals surface area contributed by atoms with E-state index in [1.807, 2.05) is 36.5 Å². The number of hydrogen-bond acceptors (Lipinski definition) is 5. The predicted molar refractivity (Wildman–Crippen MR) is 119 cm³/mol. The first-order valence-electron chi connectivity index (χ1n) is 9.21. The van der Waals surface area contributed by atoms with Gasteiger partial charge in [-0.25, -0.2) is 4.98 Å². The molecular weight excluding hydrogens is 378 g/mol. The average molecular weight is 395 g/mol. The van der Waals surface area contributed by atoms with Crippen LogP contribution >= 0.6 is 11.3 Å². The Morgan fingerprint density at radius 1 is 1.14 bits per heavy atom. The first kappa shape index (κ1) is 17.4. The molecule has 0 radical (unpaired) electrons. The number of nitrogens with one attached hydrogen (secondary N) is 2. The first-order valence-corrected chi connectivity index (χ1v) is 10.0. The third-order valence-corrected chi connectivity index (χ3v) is 6.04. The first-order chi connectivity index (χ1) is 14.2. The molecule has 0 amide bonds. The van der Waals surface area contributed by atoms with Crippen molar-refractivity contribution in [2.75, 3.05) is 5.32 Å². The number of nitrogens with zero attached hydrogens (tertiary/aromatic N) is 2. The van der Waals surface area contributed by atoms with Crippen molar-refractivity contribution in [2.45, 2.75) is 6.54 Å². The summed E-state index contributed by atoms with van der Waals surface area (Å²) in [5.41, 5.74) is 11.3. The zero-order chi connectivity index (χ0) is 19.8. The van der Waals surface area contributed by atoms with Gasteiger partial charge in [0.05, 0.1) is 11.3 Å². The van der Waals surface area contributed by atoms with Gasteiger partial charge in [0.25, 0.3) is 0 Å². The van der Waals surface area contributed by atoms with E-state index < -0.39 is 0 Å². The van der Waals surface area contributed by atoms with E-state index in [9.17, 15) is 5.26 Å². The molecular formula is C23H17N5S. The van der Waals surface area contributed by atoms with Gasteiger partial charge in [0.15, 0.2) is 0 Å². The van der Waals surface area contributed by atoms with E-state index in [-0.39, 0.29) is 0 Å². The second-order valence-corrected chi connectivity index (χ2v) is 7.83. The molecule has 0 unspecified atom stereocenters. The predicted octanol–water partition coefficient (Wildman–Crippen LogP) is 5.52. The number of H-pyrrole nitrogens is 1. The summed E-state index contributed by atoms with van der Waals surface area (Å²) in [4.78, 5) is 9.70. The van der Waals surface area contributed by atoms with Crippen molar-refractivity contribution in [2.24, 2.45) is 5.73 Å². The summed E-state index contributed by atoms with van der Waals surface area (Å²) in [6, 6.07) is 20.7. The summed E-state index contributed by atoms with van der Waals surface area (Å²) >= 11 is 1.61. The summed E-state index contributed by atoms with van der Waals surface area (Å²) in [6.45, 7) is 0.504.